The number of likely N-dealkylation sites (N-methyl/N-ethyl adjacent to an activating group) is 1. The van der Waals surface area contributed by atoms with Crippen LogP contribution in [0.5, 0.6) is 5.75 Å². The summed E-state index contributed by atoms with van der Waals surface area (Å²) >= 11 is 0. The molecule has 0 fully saturated rings. The number of anilines is 1. The first-order chi connectivity index (χ1) is 13.7. The van der Waals surface area contributed by atoms with Gasteiger partial charge in [-0.2, -0.15) is 0 Å². The minimum absolute atomic E-state index is 0.00245. The van der Waals surface area contributed by atoms with Crippen LogP contribution < -0.4 is 15.4 Å². The summed E-state index contributed by atoms with van der Waals surface area (Å²) < 4.78 is 11.4. The molecule has 2 N–H and O–H groups in total. The zero-order valence-corrected chi connectivity index (χ0v) is 17.5. The number of nitrogens with zero attached hydrogens (tertiary/aromatic N) is 1. The zero-order chi connectivity index (χ0) is 21.2. The van der Waals surface area contributed by atoms with Crippen LogP contribution >= 0.6 is 0 Å². The maximum Gasteiger partial charge on any atom is 0.242 e. The Morgan fingerprint density at radius 2 is 1.83 bits per heavy atom. The van der Waals surface area contributed by atoms with Crippen molar-refractivity contribution in [3.63, 3.8) is 0 Å². The van der Waals surface area contributed by atoms with E-state index in [1.807, 2.05) is 57.2 Å². The van der Waals surface area contributed by atoms with Crippen molar-refractivity contribution < 1.29 is 18.7 Å². The smallest absolute Gasteiger partial charge is 0.242 e. The number of methoxy groups -OCH3 is 1. The number of amides is 2. The van der Waals surface area contributed by atoms with Gasteiger partial charge in [0.2, 0.25) is 11.8 Å². The van der Waals surface area contributed by atoms with Crippen LogP contribution in [-0.2, 0) is 9.59 Å². The molecule has 3 aromatic rings. The number of ether oxygens (including phenoxy) is 1. The van der Waals surface area contributed by atoms with Gasteiger partial charge >= 0.3 is 0 Å². The predicted octanol–water partition coefficient (Wildman–Crippen LogP) is 3.38. The SMILES string of the molecule is COc1cc2c(cc1NCC(=O)N(C)CC(=O)NC(C)(C)C)oc1ccccc12. The average Bonchev–Trinajstić information content (AvgIpc) is 3.00. The van der Waals surface area contributed by atoms with Gasteiger partial charge in [-0.3, -0.25) is 9.59 Å². The fourth-order valence-electron chi connectivity index (χ4n) is 3.13. The summed E-state index contributed by atoms with van der Waals surface area (Å²) in [5, 5.41) is 7.90. The molecule has 1 aromatic heterocycles. The van der Waals surface area contributed by atoms with E-state index in [4.69, 9.17) is 9.15 Å². The van der Waals surface area contributed by atoms with Crippen LogP contribution in [0.1, 0.15) is 20.8 Å². The van der Waals surface area contributed by atoms with Gasteiger partial charge in [0.15, 0.2) is 0 Å². The second kappa shape index (κ2) is 8.03. The first-order valence-corrected chi connectivity index (χ1v) is 9.46. The normalized spacial score (nSPS) is 11.5. The highest BCUT2D eigenvalue weighted by Gasteiger charge is 2.18. The highest BCUT2D eigenvalue weighted by Crippen LogP contribution is 2.36. The van der Waals surface area contributed by atoms with E-state index >= 15 is 0 Å². The van der Waals surface area contributed by atoms with Crippen molar-refractivity contribution in [2.75, 3.05) is 32.6 Å². The third kappa shape index (κ3) is 4.80. The second-order valence-corrected chi connectivity index (χ2v) is 8.05. The van der Waals surface area contributed by atoms with Crippen molar-refractivity contribution in [3.8, 4) is 5.75 Å². The first-order valence-electron chi connectivity index (χ1n) is 9.46. The Bertz CT molecular complexity index is 1050. The predicted molar refractivity (Wildman–Crippen MR) is 114 cm³/mol. The molecular formula is C22H27N3O4. The van der Waals surface area contributed by atoms with Crippen LogP contribution in [0.2, 0.25) is 0 Å². The lowest BCUT2D eigenvalue weighted by Crippen LogP contribution is -2.47. The standard InChI is InChI=1S/C22H27N3O4/c1-22(2,3)24-20(26)13-25(4)21(27)12-23-16-11-18-15(10-19(16)28-5)14-8-6-7-9-17(14)29-18/h6-11,23H,12-13H2,1-5H3,(H,24,26). The number of nitrogens with one attached hydrogen (secondary N) is 2. The molecule has 7 nitrogen and oxygen atoms in total. The fraction of sp³-hybridized carbons (Fsp3) is 0.364. The number of carbonyl (C=O) groups excluding carboxylic acids is 2. The molecule has 1 heterocycles. The number of rotatable bonds is 6. The topological polar surface area (TPSA) is 83.8 Å². The summed E-state index contributed by atoms with van der Waals surface area (Å²) in [7, 11) is 3.19. The molecule has 0 radical (unpaired) electrons. The number of carbonyl (C=O) groups is 2. The summed E-state index contributed by atoms with van der Waals surface area (Å²) in [6.07, 6.45) is 0. The highest BCUT2D eigenvalue weighted by atomic mass is 16.5. The average molecular weight is 397 g/mol. The number of fused-ring (bicyclic) bond motifs is 3. The molecule has 0 atom stereocenters. The van der Waals surface area contributed by atoms with E-state index in [0.29, 0.717) is 17.0 Å². The molecule has 2 aromatic carbocycles. The molecule has 2 amide bonds. The van der Waals surface area contributed by atoms with Crippen molar-refractivity contribution in [1.29, 1.82) is 0 Å². The van der Waals surface area contributed by atoms with Crippen molar-refractivity contribution >= 4 is 39.4 Å². The monoisotopic (exact) mass is 397 g/mol. The molecule has 0 aliphatic carbocycles. The Kier molecular flexibility index (Phi) is 5.68. The van der Waals surface area contributed by atoms with Crippen molar-refractivity contribution in [1.82, 2.24) is 10.2 Å². The Morgan fingerprint density at radius 3 is 2.52 bits per heavy atom. The summed E-state index contributed by atoms with van der Waals surface area (Å²) in [6, 6.07) is 11.5. The number of furan rings is 1. The van der Waals surface area contributed by atoms with Crippen molar-refractivity contribution in [2.45, 2.75) is 26.3 Å². The Labute approximate surface area is 170 Å². The van der Waals surface area contributed by atoms with E-state index in [9.17, 15) is 9.59 Å². The maximum atomic E-state index is 12.4. The molecule has 0 saturated carbocycles. The van der Waals surface area contributed by atoms with Gasteiger partial charge in [-0.05, 0) is 32.9 Å². The maximum absolute atomic E-state index is 12.4. The number of para-hydroxylation sites is 1. The number of hydrogen-bond acceptors (Lipinski definition) is 5. The van der Waals surface area contributed by atoms with Gasteiger partial charge in [-0.15, -0.1) is 0 Å². The van der Waals surface area contributed by atoms with Crippen molar-refractivity contribution in [2.24, 2.45) is 0 Å². The van der Waals surface area contributed by atoms with Gasteiger partial charge in [0.25, 0.3) is 0 Å². The third-order valence-electron chi connectivity index (χ3n) is 4.45. The molecule has 3 rings (SSSR count). The van der Waals surface area contributed by atoms with Gasteiger partial charge in [0.05, 0.1) is 25.9 Å². The Morgan fingerprint density at radius 1 is 1.10 bits per heavy atom. The minimum Gasteiger partial charge on any atom is -0.495 e. The van der Waals surface area contributed by atoms with Crippen molar-refractivity contribution in [3.05, 3.63) is 36.4 Å². The zero-order valence-electron chi connectivity index (χ0n) is 17.5. The largest absolute Gasteiger partial charge is 0.495 e. The molecular weight excluding hydrogens is 370 g/mol. The molecule has 29 heavy (non-hydrogen) atoms. The lowest BCUT2D eigenvalue weighted by molar-refractivity contribution is -0.133. The summed E-state index contributed by atoms with van der Waals surface area (Å²) in [5.41, 5.74) is 1.82. The summed E-state index contributed by atoms with van der Waals surface area (Å²) in [4.78, 5) is 25.9. The first kappa shape index (κ1) is 20.5. The highest BCUT2D eigenvalue weighted by molar-refractivity contribution is 6.06. The van der Waals surface area contributed by atoms with E-state index in [2.05, 4.69) is 10.6 Å². The molecule has 0 aliphatic rings. The molecule has 0 unspecified atom stereocenters. The number of hydrogen-bond donors (Lipinski definition) is 2. The van der Waals surface area contributed by atoms with E-state index in [-0.39, 0.29) is 30.4 Å². The quantitative estimate of drug-likeness (QED) is 0.666. The minimum atomic E-state index is -0.339. The molecule has 0 bridgehead atoms. The molecule has 154 valence electrons. The molecule has 7 heteroatoms. The van der Waals surface area contributed by atoms with Gasteiger partial charge in [-0.1, -0.05) is 18.2 Å². The Hall–Kier alpha value is -3.22. The second-order valence-electron chi connectivity index (χ2n) is 8.05. The van der Waals surface area contributed by atoms with E-state index in [1.54, 1.807) is 14.2 Å². The summed E-state index contributed by atoms with van der Waals surface area (Å²) in [5.74, 6) is 0.209. The lowest BCUT2D eigenvalue weighted by Gasteiger charge is -2.23. The van der Waals surface area contributed by atoms with Crippen LogP contribution in [-0.4, -0.2) is 49.5 Å². The third-order valence-corrected chi connectivity index (χ3v) is 4.45. The van der Waals surface area contributed by atoms with Crippen LogP contribution in [0, 0.1) is 0 Å². The van der Waals surface area contributed by atoms with Crippen LogP contribution in [0.3, 0.4) is 0 Å². The lowest BCUT2D eigenvalue weighted by atomic mass is 10.1. The fourth-order valence-corrected chi connectivity index (χ4v) is 3.13. The van der Waals surface area contributed by atoms with E-state index < -0.39 is 0 Å². The van der Waals surface area contributed by atoms with Crippen LogP contribution in [0.25, 0.3) is 21.9 Å². The van der Waals surface area contributed by atoms with Gasteiger partial charge in [0.1, 0.15) is 16.9 Å². The van der Waals surface area contributed by atoms with Crippen LogP contribution in [0.4, 0.5) is 5.69 Å². The Balaban J connectivity index is 1.71. The van der Waals surface area contributed by atoms with E-state index in [0.717, 1.165) is 16.4 Å². The van der Waals surface area contributed by atoms with E-state index in [1.165, 1.54) is 4.90 Å². The molecule has 0 spiro atoms. The molecule has 0 saturated heterocycles. The van der Waals surface area contributed by atoms with Gasteiger partial charge in [-0.25, -0.2) is 0 Å². The number of benzene rings is 2. The van der Waals surface area contributed by atoms with Gasteiger partial charge < -0.3 is 24.7 Å². The summed E-state index contributed by atoms with van der Waals surface area (Å²) in [6.45, 7) is 5.72. The van der Waals surface area contributed by atoms with Gasteiger partial charge in [0, 0.05) is 29.4 Å². The van der Waals surface area contributed by atoms with Crippen LogP contribution in [0.15, 0.2) is 40.8 Å². The molecule has 0 aliphatic heterocycles.